The number of hydrogen-bond acceptors (Lipinski definition) is 6. The van der Waals surface area contributed by atoms with E-state index in [0.717, 1.165) is 0 Å². The first-order valence-electron chi connectivity index (χ1n) is 16.2. The third-order valence-corrected chi connectivity index (χ3v) is 12.5. The van der Waals surface area contributed by atoms with Crippen molar-refractivity contribution in [3.05, 3.63) is 0 Å². The fourth-order valence-corrected chi connectivity index (χ4v) is 7.42. The first-order valence-corrected chi connectivity index (χ1v) is 16.2. The molecule has 0 aromatic carbocycles. The summed E-state index contributed by atoms with van der Waals surface area (Å²) in [5.41, 5.74) is -1.31. The highest BCUT2D eigenvalue weighted by atomic mass is 16.7. The van der Waals surface area contributed by atoms with E-state index in [0.29, 0.717) is 42.4 Å². The number of esters is 1. The number of cyclic esters (lactones) is 1. The van der Waals surface area contributed by atoms with Crippen LogP contribution < -0.4 is 0 Å². The average Bonchev–Trinajstić information content (AvgIpc) is 2.88. The van der Waals surface area contributed by atoms with Gasteiger partial charge < -0.3 is 23.8 Å². The van der Waals surface area contributed by atoms with Crippen LogP contribution >= 0.6 is 0 Å². The maximum atomic E-state index is 14.3. The van der Waals surface area contributed by atoms with Gasteiger partial charge in [0.2, 0.25) is 0 Å². The number of carbonyl (C=O) groups is 1. The summed E-state index contributed by atoms with van der Waals surface area (Å²) in [4.78, 5) is 14.3. The molecule has 2 fully saturated rings. The van der Waals surface area contributed by atoms with Crippen molar-refractivity contribution >= 4 is 13.3 Å². The SMILES string of the molecule is CC(C)C(C)C(C)C(C)C1(C)OC2CCC(OB(O)OC2C)C(C)OC(=O)C(C)(C(C)C(C)C(C)C)C(C)C1C. The topological polar surface area (TPSA) is 74.2 Å². The summed E-state index contributed by atoms with van der Waals surface area (Å²) < 4.78 is 25.3. The normalized spacial score (nSPS) is 40.4. The van der Waals surface area contributed by atoms with Crippen LogP contribution in [-0.4, -0.2) is 48.3 Å². The van der Waals surface area contributed by atoms with Gasteiger partial charge in [-0.1, -0.05) is 76.2 Å². The lowest BCUT2D eigenvalue weighted by Gasteiger charge is -2.54. The minimum atomic E-state index is -1.40. The van der Waals surface area contributed by atoms with Gasteiger partial charge in [-0.15, -0.1) is 0 Å². The zero-order valence-electron chi connectivity index (χ0n) is 28.5. The number of rotatable bonds is 7. The Kier molecular flexibility index (Phi) is 12.3. The van der Waals surface area contributed by atoms with E-state index >= 15 is 0 Å². The molecule has 2 bridgehead atoms. The second-order valence-corrected chi connectivity index (χ2v) is 14.9. The summed E-state index contributed by atoms with van der Waals surface area (Å²) >= 11 is 0. The molecule has 234 valence electrons. The van der Waals surface area contributed by atoms with Crippen LogP contribution in [0.3, 0.4) is 0 Å². The van der Waals surface area contributed by atoms with Crippen molar-refractivity contribution in [2.45, 2.75) is 147 Å². The molecular weight excluding hydrogens is 503 g/mol. The molecule has 7 heteroatoms. The first-order chi connectivity index (χ1) is 18.3. The Balaban J connectivity index is 2.75. The number of ether oxygens (including phenoxy) is 2. The zero-order chi connectivity index (χ0) is 30.9. The van der Waals surface area contributed by atoms with E-state index < -0.39 is 30.5 Å². The van der Waals surface area contributed by atoms with Crippen LogP contribution in [-0.2, 0) is 23.6 Å². The fourth-order valence-electron chi connectivity index (χ4n) is 7.42. The molecular formula is C33H63BO6. The molecule has 13 unspecified atom stereocenters. The molecule has 0 radical (unpaired) electrons. The summed E-state index contributed by atoms with van der Waals surface area (Å²) in [6.45, 7) is 33.2. The van der Waals surface area contributed by atoms with Crippen molar-refractivity contribution in [3.63, 3.8) is 0 Å². The van der Waals surface area contributed by atoms with Crippen molar-refractivity contribution < 1.29 is 28.6 Å². The predicted octanol–water partition coefficient (Wildman–Crippen LogP) is 7.41. The van der Waals surface area contributed by atoms with Crippen LogP contribution in [0.25, 0.3) is 0 Å². The van der Waals surface area contributed by atoms with E-state index in [1.807, 2.05) is 13.8 Å². The lowest BCUT2D eigenvalue weighted by atomic mass is 9.56. The van der Waals surface area contributed by atoms with E-state index in [2.05, 4.69) is 90.0 Å². The molecule has 0 amide bonds. The average molecular weight is 567 g/mol. The highest BCUT2D eigenvalue weighted by molar-refractivity contribution is 6.34. The predicted molar refractivity (Wildman–Crippen MR) is 163 cm³/mol. The molecule has 0 aromatic heterocycles. The summed E-state index contributed by atoms with van der Waals surface area (Å²) in [5.74, 6) is 2.28. The summed E-state index contributed by atoms with van der Waals surface area (Å²) in [6.07, 6.45) is -0.309. The summed E-state index contributed by atoms with van der Waals surface area (Å²) in [6, 6.07) is 0. The molecule has 6 nitrogen and oxygen atoms in total. The minimum Gasteiger partial charge on any atom is -0.460 e. The third kappa shape index (κ3) is 7.11. The molecule has 2 heterocycles. The van der Waals surface area contributed by atoms with Crippen molar-refractivity contribution in [1.29, 1.82) is 0 Å². The molecule has 0 aliphatic carbocycles. The minimum absolute atomic E-state index is 0.0263. The molecule has 0 saturated carbocycles. The molecule has 2 aliphatic rings. The standard InChI is InChI=1S/C33H63BO6/c1-18(2)20(5)22(7)24(9)33(15)26(11)25(10)32(14,23(8)21(6)19(3)4)31(35)37-27(12)30-17-16-29(38-33)28(13)39-34(36)40-30/h18-30,36H,16-17H2,1-15H3. The lowest BCUT2D eigenvalue weighted by molar-refractivity contribution is -0.218. The molecule has 2 aliphatic heterocycles. The van der Waals surface area contributed by atoms with E-state index in [9.17, 15) is 9.82 Å². The van der Waals surface area contributed by atoms with E-state index in [1.54, 1.807) is 0 Å². The van der Waals surface area contributed by atoms with Crippen LogP contribution in [0.4, 0.5) is 0 Å². The fraction of sp³-hybridized carbons (Fsp3) is 0.970. The van der Waals surface area contributed by atoms with Gasteiger partial charge in [0.15, 0.2) is 0 Å². The van der Waals surface area contributed by atoms with Crippen LogP contribution in [0.2, 0.25) is 0 Å². The quantitative estimate of drug-likeness (QED) is 0.256. The summed E-state index contributed by atoms with van der Waals surface area (Å²) in [5, 5.41) is 10.6. The Morgan fingerprint density at radius 3 is 1.77 bits per heavy atom. The van der Waals surface area contributed by atoms with Gasteiger partial charge in [0.1, 0.15) is 6.10 Å². The largest absolute Gasteiger partial charge is 0.637 e. The molecule has 1 N–H and O–H groups in total. The highest BCUT2D eigenvalue weighted by Crippen LogP contribution is 2.52. The monoisotopic (exact) mass is 566 g/mol. The molecule has 2 saturated heterocycles. The number of carbonyl (C=O) groups excluding carboxylic acids is 1. The second-order valence-electron chi connectivity index (χ2n) is 14.9. The Morgan fingerprint density at radius 2 is 1.25 bits per heavy atom. The highest BCUT2D eigenvalue weighted by Gasteiger charge is 2.56. The maximum Gasteiger partial charge on any atom is 0.637 e. The van der Waals surface area contributed by atoms with E-state index in [-0.39, 0.29) is 41.8 Å². The van der Waals surface area contributed by atoms with E-state index in [4.69, 9.17) is 18.8 Å². The zero-order valence-corrected chi connectivity index (χ0v) is 28.5. The summed E-state index contributed by atoms with van der Waals surface area (Å²) in [7, 11) is -1.40. The molecule has 40 heavy (non-hydrogen) atoms. The Hall–Kier alpha value is -0.625. The molecule has 13 atom stereocenters. The van der Waals surface area contributed by atoms with Gasteiger partial charge in [0.25, 0.3) is 0 Å². The Bertz CT molecular complexity index is 821. The number of hydrogen-bond donors (Lipinski definition) is 1. The molecule has 2 rings (SSSR count). The smallest absolute Gasteiger partial charge is 0.460 e. The molecule has 0 spiro atoms. The van der Waals surface area contributed by atoms with Gasteiger partial charge >= 0.3 is 13.3 Å². The Morgan fingerprint density at radius 1 is 0.725 bits per heavy atom. The van der Waals surface area contributed by atoms with Gasteiger partial charge in [-0.2, -0.15) is 0 Å². The van der Waals surface area contributed by atoms with Gasteiger partial charge in [-0.25, -0.2) is 0 Å². The van der Waals surface area contributed by atoms with Gasteiger partial charge in [-0.05, 0) is 93.8 Å². The van der Waals surface area contributed by atoms with Crippen molar-refractivity contribution in [2.75, 3.05) is 0 Å². The number of fused-ring (bicyclic) bond motifs is 3. The van der Waals surface area contributed by atoms with Crippen LogP contribution in [0.15, 0.2) is 0 Å². The van der Waals surface area contributed by atoms with Gasteiger partial charge in [0.05, 0.1) is 29.3 Å². The second kappa shape index (κ2) is 13.8. The van der Waals surface area contributed by atoms with Crippen LogP contribution in [0.5, 0.6) is 0 Å². The van der Waals surface area contributed by atoms with Crippen molar-refractivity contribution in [3.8, 4) is 0 Å². The van der Waals surface area contributed by atoms with Crippen molar-refractivity contribution in [2.24, 2.45) is 58.7 Å². The lowest BCUT2D eigenvalue weighted by Crippen LogP contribution is -2.58. The van der Waals surface area contributed by atoms with Gasteiger partial charge in [-0.3, -0.25) is 4.79 Å². The molecule has 0 aromatic rings. The first kappa shape index (κ1) is 35.6. The van der Waals surface area contributed by atoms with Gasteiger partial charge in [0, 0.05) is 0 Å². The van der Waals surface area contributed by atoms with Crippen molar-refractivity contribution in [1.82, 2.24) is 0 Å². The Labute approximate surface area is 247 Å². The third-order valence-electron chi connectivity index (χ3n) is 12.5. The van der Waals surface area contributed by atoms with Crippen LogP contribution in [0, 0.1) is 58.7 Å². The van der Waals surface area contributed by atoms with Crippen LogP contribution in [0.1, 0.15) is 117 Å². The maximum absolute atomic E-state index is 14.3. The van der Waals surface area contributed by atoms with E-state index in [1.165, 1.54) is 0 Å².